The fourth-order valence-electron chi connectivity index (χ4n) is 8.73. The van der Waals surface area contributed by atoms with Crippen LogP contribution in [0.4, 0.5) is 17.1 Å². The second kappa shape index (κ2) is 13.0. The molecule has 0 amide bonds. The van der Waals surface area contributed by atoms with Crippen LogP contribution in [0.15, 0.2) is 204 Å². The predicted octanol–water partition coefficient (Wildman–Crippen LogP) is 15.5. The Kier molecular flexibility index (Phi) is 5.88. The van der Waals surface area contributed by atoms with Gasteiger partial charge in [-0.1, -0.05) is 165 Å². The van der Waals surface area contributed by atoms with Crippen LogP contribution in [0.1, 0.15) is 35.9 Å². The van der Waals surface area contributed by atoms with Gasteiger partial charge in [0, 0.05) is 38.6 Å². The second-order valence-corrected chi connectivity index (χ2v) is 15.0. The first-order valence-electron chi connectivity index (χ1n) is 23.1. The van der Waals surface area contributed by atoms with Gasteiger partial charge in [0.2, 0.25) is 0 Å². The summed E-state index contributed by atoms with van der Waals surface area (Å²) in [5.74, 6) is 0. The lowest BCUT2D eigenvalue weighted by atomic mass is 9.79. The molecule has 57 heavy (non-hydrogen) atoms. The number of furan rings is 1. The number of rotatable bonds is 6. The molecule has 0 spiro atoms. The quantitative estimate of drug-likeness (QED) is 0.169. The van der Waals surface area contributed by atoms with E-state index in [1.165, 1.54) is 4.90 Å². The summed E-state index contributed by atoms with van der Waals surface area (Å²) in [6, 6.07) is 45.4. The van der Waals surface area contributed by atoms with Gasteiger partial charge in [0.05, 0.1) is 11.0 Å². The zero-order valence-corrected chi connectivity index (χ0v) is 31.3. The minimum atomic E-state index is -0.505. The van der Waals surface area contributed by atoms with Crippen molar-refractivity contribution in [2.24, 2.45) is 0 Å². The van der Waals surface area contributed by atoms with E-state index in [-0.39, 0.29) is 58.8 Å². The molecule has 0 unspecified atom stereocenters. The first kappa shape index (κ1) is 25.8. The van der Waals surface area contributed by atoms with Crippen LogP contribution in [0.25, 0.3) is 77.2 Å². The molecule has 11 rings (SSSR count). The Morgan fingerprint density at radius 3 is 1.86 bits per heavy atom. The van der Waals surface area contributed by atoms with Crippen LogP contribution in [0, 0.1) is 0 Å². The Balaban J connectivity index is 1.13. The van der Waals surface area contributed by atoms with Gasteiger partial charge in [0.25, 0.3) is 0 Å². The molecule has 1 aliphatic carbocycles. The molecular formula is C55H39NO. The Morgan fingerprint density at radius 1 is 0.439 bits per heavy atom. The molecule has 10 aromatic rings. The topological polar surface area (TPSA) is 16.4 Å². The third-order valence-electron chi connectivity index (χ3n) is 11.4. The molecule has 0 atom stereocenters. The highest BCUT2D eigenvalue weighted by molar-refractivity contribution is 6.19. The first-order chi connectivity index (χ1) is 31.4. The highest BCUT2D eigenvalue weighted by atomic mass is 16.3. The van der Waals surface area contributed by atoms with Gasteiger partial charge in [-0.2, -0.15) is 0 Å². The fourth-order valence-corrected chi connectivity index (χ4v) is 8.73. The highest BCUT2D eigenvalue weighted by Crippen LogP contribution is 2.52. The van der Waals surface area contributed by atoms with E-state index in [9.17, 15) is 11.0 Å². The minimum Gasteiger partial charge on any atom is -0.455 e. The lowest BCUT2D eigenvalue weighted by Crippen LogP contribution is -2.16. The Hall–Kier alpha value is -7.16. The van der Waals surface area contributed by atoms with E-state index in [1.807, 2.05) is 84.9 Å². The summed E-state index contributed by atoms with van der Waals surface area (Å²) >= 11 is 0. The standard InChI is InChI=1S/C55H39NO/c1-55(2)50-20-9-8-16-47(50)48-19-10-18-45(53(48)55)40-26-33-43(34-27-40)56(41-29-22-37(23-30-41)36-12-4-3-5-13-36)42-31-24-39(25-32-42)44-17-11-21-51-52(44)49-35-28-38-14-6-7-15-46(38)54(49)57-51/h3-35H,1-2H3/i22D,23D,26D,27D,29D,30D,33D,34D. The van der Waals surface area contributed by atoms with Crippen LogP contribution in [0.5, 0.6) is 0 Å². The molecule has 9 aromatic carbocycles. The lowest BCUT2D eigenvalue weighted by molar-refractivity contribution is 0.662. The van der Waals surface area contributed by atoms with Crippen LogP contribution in [-0.2, 0) is 5.41 Å². The van der Waals surface area contributed by atoms with Crippen LogP contribution in [0.2, 0.25) is 0 Å². The minimum absolute atomic E-state index is 0.115. The van der Waals surface area contributed by atoms with Crippen LogP contribution < -0.4 is 4.90 Å². The molecule has 0 saturated carbocycles. The summed E-state index contributed by atoms with van der Waals surface area (Å²) in [7, 11) is 0. The van der Waals surface area contributed by atoms with Crippen molar-refractivity contribution in [1.29, 1.82) is 0 Å². The van der Waals surface area contributed by atoms with Crippen molar-refractivity contribution in [2.45, 2.75) is 19.3 Å². The van der Waals surface area contributed by atoms with Gasteiger partial charge in [-0.3, -0.25) is 0 Å². The van der Waals surface area contributed by atoms with Crippen molar-refractivity contribution in [2.75, 3.05) is 4.90 Å². The van der Waals surface area contributed by atoms with E-state index in [1.54, 1.807) is 36.4 Å². The van der Waals surface area contributed by atoms with Gasteiger partial charge in [-0.05, 0) is 109 Å². The molecule has 0 saturated heterocycles. The van der Waals surface area contributed by atoms with E-state index in [0.717, 1.165) is 66.1 Å². The fraction of sp³-hybridized carbons (Fsp3) is 0.0545. The van der Waals surface area contributed by atoms with Crippen LogP contribution in [-0.4, -0.2) is 0 Å². The molecule has 0 bridgehead atoms. The van der Waals surface area contributed by atoms with Crippen molar-refractivity contribution in [3.63, 3.8) is 0 Å². The van der Waals surface area contributed by atoms with E-state index in [4.69, 9.17) is 4.42 Å². The molecule has 1 heterocycles. The smallest absolute Gasteiger partial charge is 0.143 e. The summed E-state index contributed by atoms with van der Waals surface area (Å²) in [6.07, 6.45) is 0. The van der Waals surface area contributed by atoms with Gasteiger partial charge in [-0.15, -0.1) is 0 Å². The van der Waals surface area contributed by atoms with E-state index in [0.29, 0.717) is 16.8 Å². The molecule has 0 fully saturated rings. The monoisotopic (exact) mass is 737 g/mol. The molecule has 2 nitrogen and oxygen atoms in total. The number of nitrogens with zero attached hydrogens (tertiary/aromatic N) is 1. The van der Waals surface area contributed by atoms with Crippen molar-refractivity contribution in [3.8, 4) is 44.5 Å². The molecule has 0 aliphatic heterocycles. The summed E-state index contributed by atoms with van der Waals surface area (Å²) in [5.41, 5.74) is 8.06. The zero-order chi connectivity index (χ0) is 45.1. The van der Waals surface area contributed by atoms with Gasteiger partial charge >= 0.3 is 0 Å². The van der Waals surface area contributed by atoms with Crippen molar-refractivity contribution in [1.82, 2.24) is 0 Å². The van der Waals surface area contributed by atoms with Gasteiger partial charge < -0.3 is 9.32 Å². The van der Waals surface area contributed by atoms with E-state index >= 15 is 0 Å². The number of hydrogen-bond donors (Lipinski definition) is 0. The zero-order valence-electron chi connectivity index (χ0n) is 39.3. The summed E-state index contributed by atoms with van der Waals surface area (Å²) in [4.78, 5) is 1.36. The van der Waals surface area contributed by atoms with E-state index < -0.39 is 17.5 Å². The van der Waals surface area contributed by atoms with E-state index in [2.05, 4.69) is 44.2 Å². The highest BCUT2D eigenvalue weighted by Gasteiger charge is 2.37. The average molecular weight is 738 g/mol. The molecule has 0 radical (unpaired) electrons. The van der Waals surface area contributed by atoms with Crippen molar-refractivity contribution >= 4 is 49.8 Å². The third-order valence-corrected chi connectivity index (χ3v) is 11.4. The molecule has 270 valence electrons. The Bertz CT molecular complexity index is 3560. The predicted molar refractivity (Wildman–Crippen MR) is 240 cm³/mol. The Morgan fingerprint density at radius 2 is 1.07 bits per heavy atom. The SMILES string of the molecule is [2H]c1c([2H])c(N(c2ccc(-c3cccc4oc5c6ccccc6ccc5c34)cc2)c2c([2H])c([2H])c(-c3cccc4c3C(C)(C)c3ccccc3-4)c([2H])c2[2H])c([2H])c([2H])c1-c1ccccc1. The molecule has 1 aromatic heterocycles. The second-order valence-electron chi connectivity index (χ2n) is 15.0. The van der Waals surface area contributed by atoms with Gasteiger partial charge in [-0.25, -0.2) is 0 Å². The Labute approximate surface area is 344 Å². The van der Waals surface area contributed by atoms with Crippen LogP contribution in [0.3, 0.4) is 0 Å². The van der Waals surface area contributed by atoms with Crippen molar-refractivity contribution < 1.29 is 15.4 Å². The maximum absolute atomic E-state index is 9.73. The molecular weight excluding hydrogens is 691 g/mol. The molecule has 0 N–H and O–H groups in total. The van der Waals surface area contributed by atoms with Crippen LogP contribution >= 0.6 is 0 Å². The maximum Gasteiger partial charge on any atom is 0.143 e. The first-order valence-corrected chi connectivity index (χ1v) is 19.1. The van der Waals surface area contributed by atoms with Gasteiger partial charge in [0.15, 0.2) is 0 Å². The van der Waals surface area contributed by atoms with Gasteiger partial charge in [0.1, 0.15) is 11.2 Å². The summed E-state index contributed by atoms with van der Waals surface area (Å²) in [5, 5.41) is 3.97. The molecule has 1 aliphatic rings. The summed E-state index contributed by atoms with van der Waals surface area (Å²) < 4.78 is 82.7. The summed E-state index contributed by atoms with van der Waals surface area (Å²) in [6.45, 7) is 4.22. The normalized spacial score (nSPS) is 14.8. The lowest BCUT2D eigenvalue weighted by Gasteiger charge is -2.27. The third kappa shape index (κ3) is 5.33. The molecule has 2 heteroatoms. The number of benzene rings is 9. The maximum atomic E-state index is 9.73. The van der Waals surface area contributed by atoms with Crippen molar-refractivity contribution in [3.05, 3.63) is 211 Å². The number of fused-ring (bicyclic) bond motifs is 8. The average Bonchev–Trinajstić information content (AvgIpc) is 3.83. The number of anilines is 3. The number of hydrogen-bond acceptors (Lipinski definition) is 2. The largest absolute Gasteiger partial charge is 0.455 e.